The van der Waals surface area contributed by atoms with Gasteiger partial charge in [-0.05, 0) is 17.8 Å². The second-order valence-corrected chi connectivity index (χ2v) is 3.94. The monoisotopic (exact) mass is 478 g/mol. The fraction of sp³-hybridized carbons (Fsp3) is 0. The van der Waals surface area contributed by atoms with E-state index in [0.29, 0.717) is 5.69 Å². The van der Waals surface area contributed by atoms with Crippen molar-refractivity contribution in [2.45, 2.75) is 0 Å². The summed E-state index contributed by atoms with van der Waals surface area (Å²) >= 11 is 0. The number of rotatable bonds is 1. The summed E-state index contributed by atoms with van der Waals surface area (Å²) in [6.07, 6.45) is 3.08. The van der Waals surface area contributed by atoms with Crippen molar-refractivity contribution in [3.8, 4) is 17.1 Å². The Morgan fingerprint density at radius 3 is 2.09 bits per heavy atom. The molecule has 0 saturated heterocycles. The van der Waals surface area contributed by atoms with E-state index in [-0.39, 0.29) is 31.5 Å². The Labute approximate surface area is 140 Å². The van der Waals surface area contributed by atoms with Crippen LogP contribution in [0.15, 0.2) is 60.9 Å². The van der Waals surface area contributed by atoms with E-state index in [0.717, 1.165) is 12.1 Å². The molecule has 115 valence electrons. The Hall–Kier alpha value is -2.17. The maximum Gasteiger partial charge on any atom is 0.210 e. The molecular formula is C16H11F2IrN2O-. The minimum atomic E-state index is -0.649. The molecule has 0 amide bonds. The third kappa shape index (κ3) is 5.31. The molecule has 0 aliphatic carbocycles. The van der Waals surface area contributed by atoms with E-state index in [4.69, 9.17) is 5.11 Å². The molecule has 0 spiro atoms. The summed E-state index contributed by atoms with van der Waals surface area (Å²) in [6, 6.07) is 14.5. The summed E-state index contributed by atoms with van der Waals surface area (Å²) < 4.78 is 25.8. The maximum atomic E-state index is 13.2. The van der Waals surface area contributed by atoms with Gasteiger partial charge in [-0.2, -0.15) is 0 Å². The van der Waals surface area contributed by atoms with Gasteiger partial charge in [0.05, 0.1) is 0 Å². The van der Waals surface area contributed by atoms with E-state index in [2.05, 4.69) is 16.0 Å². The van der Waals surface area contributed by atoms with Gasteiger partial charge in [-0.3, -0.25) is 8.78 Å². The van der Waals surface area contributed by atoms with Crippen molar-refractivity contribution in [3.63, 3.8) is 0 Å². The van der Waals surface area contributed by atoms with Gasteiger partial charge in [-0.1, -0.05) is 29.8 Å². The first kappa shape index (κ1) is 17.9. The predicted molar refractivity (Wildman–Crippen MR) is 74.3 cm³/mol. The molecule has 0 atom stereocenters. The molecule has 0 saturated carbocycles. The minimum absolute atomic E-state index is 0. The van der Waals surface area contributed by atoms with Crippen molar-refractivity contribution in [1.82, 2.24) is 9.97 Å². The standard InChI is InChI=1S/C11H6F2N.C5H5NO.Ir/c12-8-4-5-9(10(13)7-8)11-3-1-2-6-14-11;7-5-3-1-2-4-6-5;/h1-4,6-7H;1-4H,(H,6,7);/q-1;;. The topological polar surface area (TPSA) is 46.0 Å². The van der Waals surface area contributed by atoms with Crippen LogP contribution in [0.1, 0.15) is 0 Å². The number of hydrogen-bond donors (Lipinski definition) is 1. The summed E-state index contributed by atoms with van der Waals surface area (Å²) in [7, 11) is 0. The predicted octanol–water partition coefficient (Wildman–Crippen LogP) is 3.61. The summed E-state index contributed by atoms with van der Waals surface area (Å²) in [5.74, 6) is -1.21. The Balaban J connectivity index is 0.000000258. The fourth-order valence-corrected chi connectivity index (χ4v) is 1.51. The van der Waals surface area contributed by atoms with Gasteiger partial charge < -0.3 is 10.1 Å². The van der Waals surface area contributed by atoms with Gasteiger partial charge in [0.15, 0.2) is 0 Å². The fourth-order valence-electron chi connectivity index (χ4n) is 1.51. The van der Waals surface area contributed by atoms with Crippen LogP contribution in [0, 0.1) is 17.7 Å². The number of pyridine rings is 2. The second kappa shape index (κ2) is 8.97. The quantitative estimate of drug-likeness (QED) is 0.545. The molecule has 3 nitrogen and oxygen atoms in total. The van der Waals surface area contributed by atoms with Crippen molar-refractivity contribution in [2.24, 2.45) is 0 Å². The minimum Gasteiger partial charge on any atom is -0.493 e. The van der Waals surface area contributed by atoms with Crippen LogP contribution in [0.5, 0.6) is 5.88 Å². The molecule has 0 fully saturated rings. The van der Waals surface area contributed by atoms with E-state index in [9.17, 15) is 8.78 Å². The number of nitrogens with zero attached hydrogens (tertiary/aromatic N) is 2. The third-order valence-corrected chi connectivity index (χ3v) is 2.43. The van der Waals surface area contributed by atoms with Crippen LogP contribution in [0.3, 0.4) is 0 Å². The maximum absolute atomic E-state index is 13.2. The van der Waals surface area contributed by atoms with E-state index >= 15 is 0 Å². The average molecular weight is 477 g/mol. The normalized spacial score (nSPS) is 9.18. The molecule has 0 unspecified atom stereocenters. The second-order valence-electron chi connectivity index (χ2n) is 3.94. The van der Waals surface area contributed by atoms with E-state index < -0.39 is 11.6 Å². The van der Waals surface area contributed by atoms with Crippen LogP contribution in [-0.4, -0.2) is 15.1 Å². The molecular weight excluding hydrogens is 466 g/mol. The zero-order chi connectivity index (χ0) is 15.1. The first-order valence-corrected chi connectivity index (χ1v) is 6.05. The van der Waals surface area contributed by atoms with Crippen LogP contribution in [0.2, 0.25) is 0 Å². The molecule has 0 aliphatic rings. The smallest absolute Gasteiger partial charge is 0.210 e. The van der Waals surface area contributed by atoms with Crippen molar-refractivity contribution in [3.05, 3.63) is 78.6 Å². The third-order valence-electron chi connectivity index (χ3n) is 2.43. The van der Waals surface area contributed by atoms with Crippen LogP contribution in [-0.2, 0) is 20.1 Å². The van der Waals surface area contributed by atoms with Gasteiger partial charge in [0.25, 0.3) is 0 Å². The van der Waals surface area contributed by atoms with E-state index in [1.807, 2.05) is 0 Å². The van der Waals surface area contributed by atoms with Gasteiger partial charge in [0.1, 0.15) is 0 Å². The number of halogens is 2. The molecule has 1 radical (unpaired) electrons. The Bertz CT molecular complexity index is 697. The molecule has 1 N–H and O–H groups in total. The summed E-state index contributed by atoms with van der Waals surface area (Å²) in [6.45, 7) is 0. The van der Waals surface area contributed by atoms with Crippen LogP contribution >= 0.6 is 0 Å². The zero-order valence-corrected chi connectivity index (χ0v) is 13.6. The number of benzene rings is 1. The zero-order valence-electron chi connectivity index (χ0n) is 11.2. The first-order valence-electron chi connectivity index (χ1n) is 6.05. The summed E-state index contributed by atoms with van der Waals surface area (Å²) in [5, 5.41) is 8.52. The molecule has 2 heterocycles. The molecule has 2 aromatic heterocycles. The van der Waals surface area contributed by atoms with Crippen molar-refractivity contribution in [2.75, 3.05) is 0 Å². The molecule has 22 heavy (non-hydrogen) atoms. The van der Waals surface area contributed by atoms with Crippen molar-refractivity contribution >= 4 is 0 Å². The van der Waals surface area contributed by atoms with Crippen LogP contribution in [0.4, 0.5) is 8.78 Å². The number of aromatic nitrogens is 2. The van der Waals surface area contributed by atoms with E-state index in [1.165, 1.54) is 12.3 Å². The summed E-state index contributed by atoms with van der Waals surface area (Å²) in [5.41, 5.74) is 0.636. The molecule has 3 aromatic rings. The van der Waals surface area contributed by atoms with Crippen molar-refractivity contribution < 1.29 is 34.0 Å². The summed E-state index contributed by atoms with van der Waals surface area (Å²) in [4.78, 5) is 7.48. The number of hydrogen-bond acceptors (Lipinski definition) is 3. The number of aromatic hydroxyl groups is 1. The van der Waals surface area contributed by atoms with Gasteiger partial charge in [-0.25, -0.2) is 4.98 Å². The van der Waals surface area contributed by atoms with Gasteiger partial charge in [-0.15, -0.1) is 12.1 Å². The van der Waals surface area contributed by atoms with Crippen LogP contribution < -0.4 is 0 Å². The van der Waals surface area contributed by atoms with E-state index in [1.54, 1.807) is 36.5 Å². The van der Waals surface area contributed by atoms with Gasteiger partial charge in [0.2, 0.25) is 5.88 Å². The molecule has 0 bridgehead atoms. The van der Waals surface area contributed by atoms with Crippen molar-refractivity contribution in [1.29, 1.82) is 0 Å². The average Bonchev–Trinajstić information content (AvgIpc) is 2.49. The molecule has 1 aromatic carbocycles. The largest absolute Gasteiger partial charge is 0.493 e. The molecule has 0 aliphatic heterocycles. The van der Waals surface area contributed by atoms with Crippen LogP contribution in [0.25, 0.3) is 11.3 Å². The Kier molecular flexibility index (Phi) is 7.29. The van der Waals surface area contributed by atoms with Gasteiger partial charge >= 0.3 is 0 Å². The Morgan fingerprint density at radius 2 is 1.64 bits per heavy atom. The molecule has 3 rings (SSSR count). The van der Waals surface area contributed by atoms with Gasteiger partial charge in [0, 0.05) is 50.2 Å². The first-order chi connectivity index (χ1) is 10.2. The SMILES string of the molecule is Fc1c[c-]c(-c2ccccn2)c(F)c1.Oc1ccccn1.[Ir]. The Morgan fingerprint density at radius 1 is 0.955 bits per heavy atom. The molecule has 6 heteroatoms.